The third kappa shape index (κ3) is 3.50. The molecule has 1 amide bonds. The van der Waals surface area contributed by atoms with Gasteiger partial charge in [-0.15, -0.1) is 0 Å². The van der Waals surface area contributed by atoms with Crippen molar-refractivity contribution in [3.63, 3.8) is 0 Å². The average Bonchev–Trinajstić information content (AvgIpc) is 3.33. The number of aromatic hydroxyl groups is 1. The Kier molecular flexibility index (Phi) is 4.48. The van der Waals surface area contributed by atoms with Gasteiger partial charge in [0.1, 0.15) is 12.3 Å². The number of aliphatic carboxylic acids is 1. The highest BCUT2D eigenvalue weighted by molar-refractivity contribution is 5.83. The lowest BCUT2D eigenvalue weighted by atomic mass is 10.1. The zero-order chi connectivity index (χ0) is 18.1. The molecule has 0 radical (unpaired) electrons. The second-order valence-corrected chi connectivity index (χ2v) is 6.35. The molecule has 2 aromatic rings. The Labute approximate surface area is 145 Å². The molecule has 2 N–H and O–H groups in total. The predicted octanol–water partition coefficient (Wildman–Crippen LogP) is 2.82. The predicted molar refractivity (Wildman–Crippen MR) is 91.7 cm³/mol. The van der Waals surface area contributed by atoms with Crippen LogP contribution in [0.1, 0.15) is 36.9 Å². The molecule has 0 saturated heterocycles. The normalized spacial score (nSPS) is 13.7. The number of amides is 1. The van der Waals surface area contributed by atoms with E-state index in [1.54, 1.807) is 19.1 Å². The quantitative estimate of drug-likeness (QED) is 0.870. The molecule has 0 unspecified atom stereocenters. The molecule has 0 atom stereocenters. The van der Waals surface area contributed by atoms with Gasteiger partial charge in [0.15, 0.2) is 0 Å². The summed E-state index contributed by atoms with van der Waals surface area (Å²) >= 11 is 0. The fraction of sp³-hybridized carbons (Fsp3) is 0.389. The van der Waals surface area contributed by atoms with E-state index in [0.717, 1.165) is 24.1 Å². The number of carboxylic acids is 1. The largest absolute Gasteiger partial charge is 0.507 e. The standard InChI is InChI=1S/C18H21N3O4/c1-3-20(10-17(23)24)18(25)21-15(12-5-6-12)9-14(19-21)13-8-11(2)4-7-16(13)22/h4,7-9,12,22H,3,5-6,10H2,1-2H3,(H,23,24). The van der Waals surface area contributed by atoms with Crippen molar-refractivity contribution in [2.24, 2.45) is 0 Å². The second-order valence-electron chi connectivity index (χ2n) is 6.35. The van der Waals surface area contributed by atoms with Crippen LogP contribution in [0.4, 0.5) is 4.79 Å². The van der Waals surface area contributed by atoms with Crippen molar-refractivity contribution in [3.05, 3.63) is 35.5 Å². The first-order valence-corrected chi connectivity index (χ1v) is 8.31. The first-order valence-electron chi connectivity index (χ1n) is 8.31. The molecule has 1 saturated carbocycles. The molecule has 7 heteroatoms. The third-order valence-corrected chi connectivity index (χ3v) is 4.32. The molecule has 1 aliphatic carbocycles. The minimum atomic E-state index is -1.06. The van der Waals surface area contributed by atoms with Crippen molar-refractivity contribution in [2.75, 3.05) is 13.1 Å². The summed E-state index contributed by atoms with van der Waals surface area (Å²) in [6, 6.07) is 6.58. The number of carbonyl (C=O) groups is 2. The summed E-state index contributed by atoms with van der Waals surface area (Å²) in [6.07, 6.45) is 1.95. The highest BCUT2D eigenvalue weighted by Crippen LogP contribution is 2.42. The Morgan fingerprint density at radius 1 is 1.32 bits per heavy atom. The van der Waals surface area contributed by atoms with Crippen LogP contribution >= 0.6 is 0 Å². The number of aromatic nitrogens is 2. The highest BCUT2D eigenvalue weighted by Gasteiger charge is 2.32. The van der Waals surface area contributed by atoms with Gasteiger partial charge in [-0.05, 0) is 44.9 Å². The van der Waals surface area contributed by atoms with E-state index in [-0.39, 0.29) is 24.8 Å². The summed E-state index contributed by atoms with van der Waals surface area (Å²) in [6.45, 7) is 3.55. The van der Waals surface area contributed by atoms with Gasteiger partial charge in [0, 0.05) is 18.0 Å². The van der Waals surface area contributed by atoms with Gasteiger partial charge in [-0.2, -0.15) is 9.78 Å². The van der Waals surface area contributed by atoms with E-state index in [9.17, 15) is 14.7 Å². The van der Waals surface area contributed by atoms with Crippen molar-refractivity contribution in [2.45, 2.75) is 32.6 Å². The van der Waals surface area contributed by atoms with Crippen LogP contribution in [-0.4, -0.2) is 50.0 Å². The van der Waals surface area contributed by atoms with Crippen LogP contribution in [0.25, 0.3) is 11.3 Å². The number of phenols is 1. The van der Waals surface area contributed by atoms with Gasteiger partial charge in [-0.1, -0.05) is 11.6 Å². The Bertz CT molecular complexity index is 824. The molecule has 0 bridgehead atoms. The van der Waals surface area contributed by atoms with Gasteiger partial charge in [-0.25, -0.2) is 4.79 Å². The lowest BCUT2D eigenvalue weighted by Crippen LogP contribution is -2.39. The van der Waals surface area contributed by atoms with Crippen molar-refractivity contribution >= 4 is 12.0 Å². The molecule has 0 spiro atoms. The Morgan fingerprint density at radius 3 is 2.64 bits per heavy atom. The van der Waals surface area contributed by atoms with Gasteiger partial charge < -0.3 is 15.1 Å². The van der Waals surface area contributed by atoms with Crippen LogP contribution in [0, 0.1) is 6.92 Å². The summed E-state index contributed by atoms with van der Waals surface area (Å²) in [5.41, 5.74) is 2.82. The maximum Gasteiger partial charge on any atom is 0.345 e. The molecule has 25 heavy (non-hydrogen) atoms. The zero-order valence-corrected chi connectivity index (χ0v) is 14.3. The molecule has 3 rings (SSSR count). The summed E-state index contributed by atoms with van der Waals surface area (Å²) in [5, 5.41) is 23.5. The van der Waals surface area contributed by atoms with Crippen molar-refractivity contribution in [3.8, 4) is 17.0 Å². The van der Waals surface area contributed by atoms with Crippen molar-refractivity contribution < 1.29 is 19.8 Å². The number of nitrogens with zero attached hydrogens (tertiary/aromatic N) is 3. The molecule has 132 valence electrons. The summed E-state index contributed by atoms with van der Waals surface area (Å²) in [4.78, 5) is 25.0. The van der Waals surface area contributed by atoms with Crippen LogP contribution in [0.2, 0.25) is 0 Å². The summed E-state index contributed by atoms with van der Waals surface area (Å²) in [7, 11) is 0. The number of phenolic OH excluding ortho intramolecular Hbond substituents is 1. The van der Waals surface area contributed by atoms with Crippen molar-refractivity contribution in [1.29, 1.82) is 0 Å². The molecule has 1 fully saturated rings. The van der Waals surface area contributed by atoms with Crippen LogP contribution < -0.4 is 0 Å². The number of hydrogen-bond acceptors (Lipinski definition) is 4. The van der Waals surface area contributed by atoms with E-state index in [0.29, 0.717) is 11.3 Å². The van der Waals surface area contributed by atoms with E-state index in [4.69, 9.17) is 5.11 Å². The topological polar surface area (TPSA) is 95.7 Å². The smallest absolute Gasteiger partial charge is 0.345 e. The van der Waals surface area contributed by atoms with E-state index in [1.165, 1.54) is 9.58 Å². The van der Waals surface area contributed by atoms with Gasteiger partial charge in [0.05, 0.1) is 11.4 Å². The summed E-state index contributed by atoms with van der Waals surface area (Å²) in [5.74, 6) is -0.713. The van der Waals surface area contributed by atoms with E-state index in [1.807, 2.05) is 19.1 Å². The summed E-state index contributed by atoms with van der Waals surface area (Å²) < 4.78 is 1.29. The lowest BCUT2D eigenvalue weighted by molar-refractivity contribution is -0.137. The molecule has 1 aliphatic rings. The number of aryl methyl sites for hydroxylation is 1. The lowest BCUT2D eigenvalue weighted by Gasteiger charge is -2.19. The second kappa shape index (κ2) is 6.58. The third-order valence-electron chi connectivity index (χ3n) is 4.32. The first-order chi connectivity index (χ1) is 11.9. The monoisotopic (exact) mass is 343 g/mol. The Morgan fingerprint density at radius 2 is 2.04 bits per heavy atom. The fourth-order valence-corrected chi connectivity index (χ4v) is 2.82. The highest BCUT2D eigenvalue weighted by atomic mass is 16.4. The molecular formula is C18H21N3O4. The SMILES string of the molecule is CCN(CC(=O)O)C(=O)n1nc(-c2cc(C)ccc2O)cc1C1CC1. The fourth-order valence-electron chi connectivity index (χ4n) is 2.82. The minimum Gasteiger partial charge on any atom is -0.507 e. The first kappa shape index (κ1) is 17.0. The van der Waals surface area contributed by atoms with Crippen molar-refractivity contribution in [1.82, 2.24) is 14.7 Å². The maximum atomic E-state index is 12.8. The van der Waals surface area contributed by atoms with Gasteiger partial charge >= 0.3 is 12.0 Å². The number of carboxylic acid groups (broad SMARTS) is 1. The average molecular weight is 343 g/mol. The van der Waals surface area contributed by atoms with E-state index in [2.05, 4.69) is 5.10 Å². The van der Waals surface area contributed by atoms with Gasteiger partial charge in [0.25, 0.3) is 0 Å². The molecule has 7 nitrogen and oxygen atoms in total. The molecular weight excluding hydrogens is 322 g/mol. The molecule has 1 aromatic heterocycles. The van der Waals surface area contributed by atoms with E-state index >= 15 is 0 Å². The number of rotatable bonds is 5. The van der Waals surface area contributed by atoms with Crippen LogP contribution in [0.3, 0.4) is 0 Å². The Hall–Kier alpha value is -2.83. The van der Waals surface area contributed by atoms with Crippen LogP contribution in [0.15, 0.2) is 24.3 Å². The number of carbonyl (C=O) groups excluding carboxylic acids is 1. The number of likely N-dealkylation sites (N-methyl/N-ethyl adjacent to an activating group) is 1. The molecule has 1 aromatic carbocycles. The van der Waals surface area contributed by atoms with E-state index < -0.39 is 12.0 Å². The minimum absolute atomic E-state index is 0.0999. The zero-order valence-electron chi connectivity index (χ0n) is 14.3. The van der Waals surface area contributed by atoms with Gasteiger partial charge in [0.2, 0.25) is 0 Å². The molecule has 1 heterocycles. The van der Waals surface area contributed by atoms with Crippen LogP contribution in [0.5, 0.6) is 5.75 Å². The number of benzene rings is 1. The number of hydrogen-bond donors (Lipinski definition) is 2. The van der Waals surface area contributed by atoms with Gasteiger partial charge in [-0.3, -0.25) is 4.79 Å². The molecule has 0 aliphatic heterocycles. The Balaban J connectivity index is 2.02. The van der Waals surface area contributed by atoms with Crippen LogP contribution in [-0.2, 0) is 4.79 Å². The maximum absolute atomic E-state index is 12.8.